The molecule has 1 aliphatic rings. The van der Waals surface area contributed by atoms with E-state index in [0.29, 0.717) is 18.4 Å². The van der Waals surface area contributed by atoms with Gasteiger partial charge in [0.15, 0.2) is 5.82 Å². The predicted molar refractivity (Wildman–Crippen MR) is 97.5 cm³/mol. The van der Waals surface area contributed by atoms with Gasteiger partial charge in [0.2, 0.25) is 5.89 Å². The molecule has 6 heteroatoms. The molecule has 0 amide bonds. The first-order chi connectivity index (χ1) is 12.1. The van der Waals surface area contributed by atoms with Crippen molar-refractivity contribution < 1.29 is 9.26 Å². The van der Waals surface area contributed by atoms with Gasteiger partial charge in [-0.15, -0.1) is 0 Å². The van der Waals surface area contributed by atoms with Crippen LogP contribution in [0.2, 0.25) is 0 Å². The number of nitrogens with zero attached hydrogens (tertiary/aromatic N) is 4. The predicted octanol–water partition coefficient (Wildman–Crippen LogP) is 2.74. The van der Waals surface area contributed by atoms with E-state index in [1.807, 2.05) is 0 Å². The summed E-state index contributed by atoms with van der Waals surface area (Å²) >= 11 is 0. The Morgan fingerprint density at radius 3 is 2.68 bits per heavy atom. The van der Waals surface area contributed by atoms with Gasteiger partial charge >= 0.3 is 0 Å². The molecule has 0 aliphatic carbocycles. The van der Waals surface area contributed by atoms with Crippen LogP contribution in [0.5, 0.6) is 0 Å². The third-order valence-corrected chi connectivity index (χ3v) is 4.29. The molecule has 6 nitrogen and oxygen atoms in total. The van der Waals surface area contributed by atoms with Gasteiger partial charge in [0.1, 0.15) is 0 Å². The molecule has 1 aliphatic heterocycles. The number of morpholine rings is 1. The summed E-state index contributed by atoms with van der Waals surface area (Å²) in [6, 6.07) is 8.59. The van der Waals surface area contributed by atoms with Crippen LogP contribution in [0.15, 0.2) is 28.8 Å². The van der Waals surface area contributed by atoms with Crippen molar-refractivity contribution in [3.05, 3.63) is 41.5 Å². The Morgan fingerprint density at radius 2 is 1.92 bits per heavy atom. The van der Waals surface area contributed by atoms with Crippen molar-refractivity contribution in [2.75, 3.05) is 38.3 Å². The van der Waals surface area contributed by atoms with Gasteiger partial charge in [-0.2, -0.15) is 4.98 Å². The third-order valence-electron chi connectivity index (χ3n) is 4.29. The molecule has 1 aromatic carbocycles. The molecule has 0 unspecified atom stereocenters. The number of ether oxygens (including phenoxy) is 1. The smallest absolute Gasteiger partial charge is 0.240 e. The number of hydrogen-bond acceptors (Lipinski definition) is 6. The maximum atomic E-state index is 5.47. The Kier molecular flexibility index (Phi) is 6.04. The first-order valence-electron chi connectivity index (χ1n) is 9.02. The highest BCUT2D eigenvalue weighted by Gasteiger charge is 2.16. The van der Waals surface area contributed by atoms with E-state index in [0.717, 1.165) is 45.1 Å². The van der Waals surface area contributed by atoms with Crippen LogP contribution < -0.4 is 4.90 Å². The van der Waals surface area contributed by atoms with E-state index in [9.17, 15) is 0 Å². The molecule has 0 N–H and O–H groups in total. The van der Waals surface area contributed by atoms with Crippen molar-refractivity contribution in [1.29, 1.82) is 0 Å². The molecular weight excluding hydrogens is 316 g/mol. The number of para-hydroxylation sites is 1. The van der Waals surface area contributed by atoms with Gasteiger partial charge < -0.3 is 14.2 Å². The second kappa shape index (κ2) is 8.45. The van der Waals surface area contributed by atoms with Crippen LogP contribution >= 0.6 is 0 Å². The van der Waals surface area contributed by atoms with Crippen LogP contribution in [0.3, 0.4) is 0 Å². The highest BCUT2D eigenvalue weighted by atomic mass is 16.5. The molecule has 3 rings (SSSR count). The van der Waals surface area contributed by atoms with Gasteiger partial charge in [-0.1, -0.05) is 37.2 Å². The van der Waals surface area contributed by atoms with E-state index >= 15 is 0 Å². The second-order valence-electron chi connectivity index (χ2n) is 7.10. The molecule has 1 saturated heterocycles. The zero-order valence-corrected chi connectivity index (χ0v) is 15.4. The monoisotopic (exact) mass is 344 g/mol. The Balaban J connectivity index is 1.62. The van der Waals surface area contributed by atoms with E-state index in [4.69, 9.17) is 9.26 Å². The summed E-state index contributed by atoms with van der Waals surface area (Å²) in [5, 5.41) is 4.07. The van der Waals surface area contributed by atoms with Gasteiger partial charge in [0, 0.05) is 31.7 Å². The number of rotatable bonds is 7. The number of aromatic nitrogens is 2. The Bertz CT molecular complexity index is 665. The minimum absolute atomic E-state index is 0.531. The summed E-state index contributed by atoms with van der Waals surface area (Å²) in [6.45, 7) is 9.30. The lowest BCUT2D eigenvalue weighted by molar-refractivity contribution is 0.122. The minimum Gasteiger partial charge on any atom is -0.378 e. The van der Waals surface area contributed by atoms with Gasteiger partial charge in [-0.25, -0.2) is 0 Å². The van der Waals surface area contributed by atoms with Crippen molar-refractivity contribution in [1.82, 2.24) is 15.0 Å². The van der Waals surface area contributed by atoms with E-state index in [-0.39, 0.29) is 0 Å². The second-order valence-corrected chi connectivity index (χ2v) is 7.10. The highest BCUT2D eigenvalue weighted by molar-refractivity contribution is 5.53. The zero-order valence-electron chi connectivity index (χ0n) is 15.4. The Morgan fingerprint density at radius 1 is 1.16 bits per heavy atom. The largest absolute Gasteiger partial charge is 0.378 e. The minimum atomic E-state index is 0.531. The van der Waals surface area contributed by atoms with Crippen molar-refractivity contribution in [2.45, 2.75) is 33.4 Å². The van der Waals surface area contributed by atoms with Gasteiger partial charge in [-0.05, 0) is 24.6 Å². The summed E-state index contributed by atoms with van der Waals surface area (Å²) in [5.41, 5.74) is 2.61. The standard InChI is InChI=1S/C19H28N4O2/c1-15(2)12-18-20-19(25-21-18)14-22(3)13-16-6-4-5-7-17(16)23-8-10-24-11-9-23/h4-7,15H,8-14H2,1-3H3. The molecule has 1 fully saturated rings. The first-order valence-corrected chi connectivity index (χ1v) is 9.02. The van der Waals surface area contributed by atoms with Gasteiger partial charge in [0.05, 0.1) is 19.8 Å². The third kappa shape index (κ3) is 5.03. The van der Waals surface area contributed by atoms with E-state index in [1.165, 1.54) is 11.3 Å². The molecule has 0 atom stereocenters. The van der Waals surface area contributed by atoms with Crippen LogP contribution in [0.4, 0.5) is 5.69 Å². The average Bonchev–Trinajstić information content (AvgIpc) is 3.02. The van der Waals surface area contributed by atoms with Crippen molar-refractivity contribution in [3.8, 4) is 0 Å². The van der Waals surface area contributed by atoms with E-state index in [1.54, 1.807) is 0 Å². The average molecular weight is 344 g/mol. The van der Waals surface area contributed by atoms with Crippen LogP contribution in [0.1, 0.15) is 31.1 Å². The Labute approximate surface area is 149 Å². The lowest BCUT2D eigenvalue weighted by Gasteiger charge is -2.31. The molecule has 2 aromatic rings. The molecule has 2 heterocycles. The summed E-state index contributed by atoms with van der Waals surface area (Å²) in [5.74, 6) is 2.01. The normalized spacial score (nSPS) is 15.3. The summed E-state index contributed by atoms with van der Waals surface area (Å²) in [7, 11) is 2.09. The molecular formula is C19H28N4O2. The summed E-state index contributed by atoms with van der Waals surface area (Å²) in [6.07, 6.45) is 0.854. The molecule has 0 spiro atoms. The van der Waals surface area contributed by atoms with Crippen LogP contribution in [-0.4, -0.2) is 48.4 Å². The quantitative estimate of drug-likeness (QED) is 0.770. The van der Waals surface area contributed by atoms with E-state index < -0.39 is 0 Å². The summed E-state index contributed by atoms with van der Waals surface area (Å²) in [4.78, 5) is 9.12. The Hall–Kier alpha value is -1.92. The summed E-state index contributed by atoms with van der Waals surface area (Å²) < 4.78 is 10.9. The lowest BCUT2D eigenvalue weighted by atomic mass is 10.1. The molecule has 0 bridgehead atoms. The molecule has 0 radical (unpaired) electrons. The topological polar surface area (TPSA) is 54.6 Å². The van der Waals surface area contributed by atoms with E-state index in [2.05, 4.69) is 65.1 Å². The molecule has 1 aromatic heterocycles. The van der Waals surface area contributed by atoms with Gasteiger partial charge in [0.25, 0.3) is 0 Å². The fourth-order valence-corrected chi connectivity index (χ4v) is 3.14. The molecule has 0 saturated carbocycles. The first kappa shape index (κ1) is 17.9. The number of benzene rings is 1. The number of anilines is 1. The fraction of sp³-hybridized carbons (Fsp3) is 0.579. The lowest BCUT2D eigenvalue weighted by Crippen LogP contribution is -2.37. The van der Waals surface area contributed by atoms with Crippen molar-refractivity contribution in [3.63, 3.8) is 0 Å². The van der Waals surface area contributed by atoms with Crippen LogP contribution in [-0.2, 0) is 24.2 Å². The number of hydrogen-bond donors (Lipinski definition) is 0. The van der Waals surface area contributed by atoms with Crippen molar-refractivity contribution in [2.24, 2.45) is 5.92 Å². The maximum absolute atomic E-state index is 5.47. The molecule has 136 valence electrons. The van der Waals surface area contributed by atoms with Crippen molar-refractivity contribution >= 4 is 5.69 Å². The SMILES string of the molecule is CC(C)Cc1noc(CN(C)Cc2ccccc2N2CCOCC2)n1. The highest BCUT2D eigenvalue weighted by Crippen LogP contribution is 2.23. The fourth-order valence-electron chi connectivity index (χ4n) is 3.14. The van der Waals surface area contributed by atoms with Crippen LogP contribution in [0, 0.1) is 5.92 Å². The maximum Gasteiger partial charge on any atom is 0.240 e. The van der Waals surface area contributed by atoms with Crippen LogP contribution in [0.25, 0.3) is 0 Å². The van der Waals surface area contributed by atoms with Gasteiger partial charge in [-0.3, -0.25) is 4.90 Å². The zero-order chi connectivity index (χ0) is 17.6. The molecule has 25 heavy (non-hydrogen) atoms.